The van der Waals surface area contributed by atoms with Crippen LogP contribution in [0.3, 0.4) is 0 Å². The van der Waals surface area contributed by atoms with E-state index in [-0.39, 0.29) is 34.6 Å². The second-order valence-electron chi connectivity index (χ2n) is 12.9. The summed E-state index contributed by atoms with van der Waals surface area (Å²) >= 11 is 0. The summed E-state index contributed by atoms with van der Waals surface area (Å²) in [6.45, 7) is 13.3. The van der Waals surface area contributed by atoms with Crippen molar-refractivity contribution >= 4 is 11.7 Å². The molecule has 3 heterocycles. The van der Waals surface area contributed by atoms with Crippen LogP contribution >= 0.6 is 0 Å². The zero-order valence-corrected chi connectivity index (χ0v) is 26.6. The number of rotatable bonds is 13. The SMILES string of the molecule is CCN(C(=O)c1cc(F)ccc1Oc1nncnc1N1CCC2(C1)CN([C@H](CCCN(C)CC(F)(F)F)C(C)C)C2)C(C)C. The molecule has 1 atom stereocenters. The van der Waals surface area contributed by atoms with Gasteiger partial charge in [-0.15, -0.1) is 10.2 Å². The van der Waals surface area contributed by atoms with Crippen LogP contribution in [0.5, 0.6) is 11.6 Å². The van der Waals surface area contributed by atoms with Gasteiger partial charge in [-0.3, -0.25) is 14.6 Å². The number of aromatic nitrogens is 3. The lowest BCUT2D eigenvalue weighted by molar-refractivity contribution is -0.143. The zero-order chi connectivity index (χ0) is 32.2. The number of carbonyl (C=O) groups excluding carboxylic acids is 1. The van der Waals surface area contributed by atoms with Gasteiger partial charge >= 0.3 is 6.18 Å². The predicted molar refractivity (Wildman–Crippen MR) is 160 cm³/mol. The molecule has 2 fully saturated rings. The van der Waals surface area contributed by atoms with Crippen molar-refractivity contribution in [2.24, 2.45) is 11.3 Å². The Labute approximate surface area is 257 Å². The first-order valence-electron chi connectivity index (χ1n) is 15.4. The normalized spacial score (nSPS) is 17.5. The van der Waals surface area contributed by atoms with Gasteiger partial charge in [0.15, 0.2) is 5.82 Å². The van der Waals surface area contributed by atoms with Crippen LogP contribution in [0.25, 0.3) is 0 Å². The number of anilines is 1. The maximum Gasteiger partial charge on any atom is 0.401 e. The number of ether oxygens (including phenoxy) is 1. The van der Waals surface area contributed by atoms with E-state index >= 15 is 0 Å². The van der Waals surface area contributed by atoms with E-state index in [9.17, 15) is 22.4 Å². The molecule has 1 spiro atoms. The molecule has 2 aliphatic heterocycles. The first kappa shape index (κ1) is 33.8. The van der Waals surface area contributed by atoms with E-state index in [0.717, 1.165) is 39.0 Å². The van der Waals surface area contributed by atoms with Gasteiger partial charge in [0.25, 0.3) is 11.8 Å². The molecule has 13 heteroatoms. The molecular weight excluding hydrogens is 578 g/mol. The Morgan fingerprint density at radius 3 is 2.52 bits per heavy atom. The summed E-state index contributed by atoms with van der Waals surface area (Å²) < 4.78 is 58.5. The van der Waals surface area contributed by atoms with E-state index in [0.29, 0.717) is 37.3 Å². The van der Waals surface area contributed by atoms with Crippen molar-refractivity contribution in [3.63, 3.8) is 0 Å². The second-order valence-corrected chi connectivity index (χ2v) is 12.9. The Morgan fingerprint density at radius 2 is 1.89 bits per heavy atom. The van der Waals surface area contributed by atoms with E-state index in [4.69, 9.17) is 4.74 Å². The van der Waals surface area contributed by atoms with Crippen molar-refractivity contribution in [1.29, 1.82) is 0 Å². The van der Waals surface area contributed by atoms with Crippen LogP contribution in [0.4, 0.5) is 23.4 Å². The van der Waals surface area contributed by atoms with Crippen molar-refractivity contribution in [3.8, 4) is 11.6 Å². The lowest BCUT2D eigenvalue weighted by Crippen LogP contribution is -2.62. The molecule has 0 radical (unpaired) electrons. The average molecular weight is 624 g/mol. The quantitative estimate of drug-likeness (QED) is 0.272. The molecule has 0 unspecified atom stereocenters. The molecule has 1 aromatic carbocycles. The lowest BCUT2D eigenvalue weighted by atomic mass is 9.76. The fraction of sp³-hybridized carbons (Fsp3) is 0.677. The molecule has 2 aromatic rings. The van der Waals surface area contributed by atoms with Gasteiger partial charge in [-0.05, 0) is 77.7 Å². The number of likely N-dealkylation sites (tertiary alicyclic amines) is 1. The van der Waals surface area contributed by atoms with Gasteiger partial charge in [-0.1, -0.05) is 13.8 Å². The summed E-state index contributed by atoms with van der Waals surface area (Å²) in [5, 5.41) is 8.10. The van der Waals surface area contributed by atoms with E-state index < -0.39 is 18.5 Å². The minimum absolute atomic E-state index is 0.0678. The van der Waals surface area contributed by atoms with Crippen LogP contribution in [0.2, 0.25) is 0 Å². The summed E-state index contributed by atoms with van der Waals surface area (Å²) in [7, 11) is 1.52. The van der Waals surface area contributed by atoms with Crippen molar-refractivity contribution in [3.05, 3.63) is 35.9 Å². The van der Waals surface area contributed by atoms with Gasteiger partial charge in [0.05, 0.1) is 12.1 Å². The molecule has 244 valence electrons. The highest BCUT2D eigenvalue weighted by Crippen LogP contribution is 2.44. The molecular formula is C31H45F4N7O2. The minimum Gasteiger partial charge on any atom is -0.434 e. The molecule has 2 saturated heterocycles. The van der Waals surface area contributed by atoms with E-state index in [1.54, 1.807) is 4.90 Å². The summed E-state index contributed by atoms with van der Waals surface area (Å²) in [6.07, 6.45) is -0.319. The third kappa shape index (κ3) is 8.15. The lowest BCUT2D eigenvalue weighted by Gasteiger charge is -2.53. The van der Waals surface area contributed by atoms with Gasteiger partial charge in [0.1, 0.15) is 17.9 Å². The topological polar surface area (TPSA) is 77.9 Å². The fourth-order valence-electron chi connectivity index (χ4n) is 6.62. The Bertz CT molecular complexity index is 1270. The molecule has 0 N–H and O–H groups in total. The summed E-state index contributed by atoms with van der Waals surface area (Å²) in [5.41, 5.74) is 0.173. The molecule has 0 saturated carbocycles. The van der Waals surface area contributed by atoms with Gasteiger partial charge in [-0.25, -0.2) is 9.37 Å². The molecule has 1 aromatic heterocycles. The number of nitrogens with zero attached hydrogens (tertiary/aromatic N) is 7. The van der Waals surface area contributed by atoms with Crippen molar-refractivity contribution in [2.45, 2.75) is 72.1 Å². The van der Waals surface area contributed by atoms with Crippen LogP contribution in [0, 0.1) is 17.2 Å². The first-order valence-corrected chi connectivity index (χ1v) is 15.4. The molecule has 1 amide bonds. The predicted octanol–water partition coefficient (Wildman–Crippen LogP) is 5.48. The summed E-state index contributed by atoms with van der Waals surface area (Å²) in [6, 6.07) is 4.08. The number of hydrogen-bond donors (Lipinski definition) is 0. The van der Waals surface area contributed by atoms with Crippen LogP contribution < -0.4 is 9.64 Å². The molecule has 9 nitrogen and oxygen atoms in total. The van der Waals surface area contributed by atoms with Gasteiger partial charge < -0.3 is 14.5 Å². The van der Waals surface area contributed by atoms with E-state index in [1.165, 1.54) is 36.5 Å². The number of benzene rings is 1. The third-order valence-corrected chi connectivity index (χ3v) is 8.72. The Hall–Kier alpha value is -3.06. The number of halogens is 4. The summed E-state index contributed by atoms with van der Waals surface area (Å²) in [4.78, 5) is 25.3. The monoisotopic (exact) mass is 623 g/mol. The highest BCUT2D eigenvalue weighted by atomic mass is 19.4. The molecule has 0 aliphatic carbocycles. The van der Waals surface area contributed by atoms with Crippen LogP contribution in [-0.4, -0.2) is 107 Å². The Morgan fingerprint density at radius 1 is 1.16 bits per heavy atom. The third-order valence-electron chi connectivity index (χ3n) is 8.72. The van der Waals surface area contributed by atoms with Crippen molar-refractivity contribution in [1.82, 2.24) is 29.9 Å². The van der Waals surface area contributed by atoms with Crippen LogP contribution in [-0.2, 0) is 0 Å². The minimum atomic E-state index is -4.18. The zero-order valence-electron chi connectivity index (χ0n) is 26.6. The van der Waals surface area contributed by atoms with Gasteiger partial charge in [0.2, 0.25) is 0 Å². The van der Waals surface area contributed by atoms with Crippen LogP contribution in [0.1, 0.15) is 64.2 Å². The first-order chi connectivity index (χ1) is 20.7. The van der Waals surface area contributed by atoms with E-state index in [2.05, 4.69) is 38.8 Å². The second kappa shape index (κ2) is 13.9. The Kier molecular flexibility index (Phi) is 10.7. The number of alkyl halides is 3. The maximum atomic E-state index is 14.3. The highest BCUT2D eigenvalue weighted by Gasteiger charge is 2.50. The average Bonchev–Trinajstić information content (AvgIpc) is 3.36. The smallest absolute Gasteiger partial charge is 0.401 e. The molecule has 0 bridgehead atoms. The fourth-order valence-corrected chi connectivity index (χ4v) is 6.62. The number of hydrogen-bond acceptors (Lipinski definition) is 8. The van der Waals surface area contributed by atoms with E-state index in [1.807, 2.05) is 20.8 Å². The number of amides is 1. The molecule has 4 rings (SSSR count). The largest absolute Gasteiger partial charge is 0.434 e. The molecule has 2 aliphatic rings. The van der Waals surface area contributed by atoms with Gasteiger partial charge in [0, 0.05) is 50.2 Å². The summed E-state index contributed by atoms with van der Waals surface area (Å²) in [5.74, 6) is 0.359. The standard InChI is InChI=1S/C31H45F4N7O2/c1-7-42(22(4)5)29(43)24-15-23(32)10-11-26(24)44-28-27(36-20-37-38-28)40-14-12-30(16-40)17-41(18-30)25(21(2)3)9-8-13-39(6)19-31(33,34)35/h10-11,15,20-22,25H,7-9,12-14,16-19H2,1-6H3/t25-/m1/s1. The highest BCUT2D eigenvalue weighted by molar-refractivity contribution is 5.97. The van der Waals surface area contributed by atoms with Gasteiger partial charge in [-0.2, -0.15) is 13.2 Å². The van der Waals surface area contributed by atoms with Crippen molar-refractivity contribution in [2.75, 3.05) is 57.8 Å². The maximum absolute atomic E-state index is 14.3. The van der Waals surface area contributed by atoms with Crippen molar-refractivity contribution < 1.29 is 27.1 Å². The number of carbonyl (C=O) groups is 1. The molecule has 44 heavy (non-hydrogen) atoms. The Balaban J connectivity index is 1.41. The van der Waals surface area contributed by atoms with Crippen LogP contribution in [0.15, 0.2) is 24.5 Å².